The number of hydrogen-bond donors (Lipinski definition) is 2. The van der Waals surface area contributed by atoms with Gasteiger partial charge in [-0.2, -0.15) is 0 Å². The summed E-state index contributed by atoms with van der Waals surface area (Å²) in [5.74, 6) is -0.392. The number of ether oxygens (including phenoxy) is 1. The van der Waals surface area contributed by atoms with E-state index in [4.69, 9.17) is 15.4 Å². The summed E-state index contributed by atoms with van der Waals surface area (Å²) in [6.45, 7) is 4.24. The highest BCUT2D eigenvalue weighted by Gasteiger charge is 2.03. The van der Waals surface area contributed by atoms with Crippen LogP contribution in [0.1, 0.15) is 0 Å². The number of nitrogens with one attached hydrogen (secondary N) is 1. The minimum absolute atomic E-state index is 0.115. The van der Waals surface area contributed by atoms with Gasteiger partial charge in [0.1, 0.15) is 0 Å². The van der Waals surface area contributed by atoms with Gasteiger partial charge in [0.15, 0.2) is 0 Å². The average molecular weight is 214 g/mol. The molecule has 0 saturated heterocycles. The minimum Gasteiger partial charge on any atom is -0.391 e. The standard InChI is InChI=1S/C8H14N4O3/c1-7(6-13)8(14)10-2-4-15-5-3-11-12-9/h13H,1-6H2,(H,10,14). The third-order valence-electron chi connectivity index (χ3n) is 1.44. The Morgan fingerprint density at radius 1 is 1.60 bits per heavy atom. The lowest BCUT2D eigenvalue weighted by molar-refractivity contribution is -0.118. The Morgan fingerprint density at radius 3 is 2.93 bits per heavy atom. The molecule has 0 aromatic heterocycles. The molecule has 0 rings (SSSR count). The zero-order chi connectivity index (χ0) is 11.5. The van der Waals surface area contributed by atoms with Crippen LogP contribution in [0.3, 0.4) is 0 Å². The molecule has 7 nitrogen and oxygen atoms in total. The smallest absolute Gasteiger partial charge is 0.249 e. The van der Waals surface area contributed by atoms with Crippen molar-refractivity contribution in [3.63, 3.8) is 0 Å². The Morgan fingerprint density at radius 2 is 2.33 bits per heavy atom. The molecule has 0 aliphatic carbocycles. The summed E-state index contributed by atoms with van der Waals surface area (Å²) in [6.07, 6.45) is 0. The predicted molar refractivity (Wildman–Crippen MR) is 54.1 cm³/mol. The lowest BCUT2D eigenvalue weighted by Gasteiger charge is -2.05. The first kappa shape index (κ1) is 13.4. The van der Waals surface area contributed by atoms with E-state index in [1.165, 1.54) is 0 Å². The number of hydrogen-bond acceptors (Lipinski definition) is 4. The van der Waals surface area contributed by atoms with E-state index in [0.29, 0.717) is 19.8 Å². The number of rotatable bonds is 8. The SMILES string of the molecule is C=C(CO)C(=O)NCCOCCN=[N+]=[N-]. The molecule has 0 fully saturated rings. The van der Waals surface area contributed by atoms with Crippen molar-refractivity contribution in [3.8, 4) is 0 Å². The van der Waals surface area contributed by atoms with Crippen LogP contribution in [-0.2, 0) is 9.53 Å². The summed E-state index contributed by atoms with van der Waals surface area (Å²) in [5.41, 5.74) is 8.06. The normalized spacial score (nSPS) is 9.13. The summed E-state index contributed by atoms with van der Waals surface area (Å²) >= 11 is 0. The second kappa shape index (κ2) is 9.01. The minimum atomic E-state index is -0.392. The van der Waals surface area contributed by atoms with Crippen LogP contribution >= 0.6 is 0 Å². The Balaban J connectivity index is 3.34. The zero-order valence-corrected chi connectivity index (χ0v) is 8.35. The Bertz CT molecular complexity index is 261. The van der Waals surface area contributed by atoms with E-state index in [0.717, 1.165) is 0 Å². The molecule has 0 heterocycles. The van der Waals surface area contributed by atoms with E-state index in [1.54, 1.807) is 0 Å². The number of amides is 1. The highest BCUT2D eigenvalue weighted by atomic mass is 16.5. The van der Waals surface area contributed by atoms with Gasteiger partial charge in [-0.25, -0.2) is 0 Å². The van der Waals surface area contributed by atoms with Crippen LogP contribution in [0, 0.1) is 0 Å². The van der Waals surface area contributed by atoms with E-state index >= 15 is 0 Å². The van der Waals surface area contributed by atoms with Crippen molar-refractivity contribution >= 4 is 5.91 Å². The zero-order valence-electron chi connectivity index (χ0n) is 8.35. The fraction of sp³-hybridized carbons (Fsp3) is 0.625. The molecule has 0 unspecified atom stereocenters. The largest absolute Gasteiger partial charge is 0.391 e. The third-order valence-corrected chi connectivity index (χ3v) is 1.44. The fourth-order valence-electron chi connectivity index (χ4n) is 0.686. The average Bonchev–Trinajstić information content (AvgIpc) is 2.26. The van der Waals surface area contributed by atoms with Crippen molar-refractivity contribution < 1.29 is 14.6 Å². The van der Waals surface area contributed by atoms with Crippen molar-refractivity contribution in [1.82, 2.24) is 5.32 Å². The molecule has 84 valence electrons. The number of azide groups is 1. The first-order valence-electron chi connectivity index (χ1n) is 4.37. The summed E-state index contributed by atoms with van der Waals surface area (Å²) in [6, 6.07) is 0. The van der Waals surface area contributed by atoms with Crippen molar-refractivity contribution in [2.24, 2.45) is 5.11 Å². The van der Waals surface area contributed by atoms with Gasteiger partial charge in [0.05, 0.1) is 19.8 Å². The van der Waals surface area contributed by atoms with Crippen LogP contribution in [0.4, 0.5) is 0 Å². The van der Waals surface area contributed by atoms with Crippen molar-refractivity contribution in [2.75, 3.05) is 32.9 Å². The number of carbonyl (C=O) groups is 1. The van der Waals surface area contributed by atoms with Crippen LogP contribution in [0.2, 0.25) is 0 Å². The Labute approximate surface area is 87.4 Å². The van der Waals surface area contributed by atoms with Gasteiger partial charge in [-0.3, -0.25) is 4.79 Å². The van der Waals surface area contributed by atoms with Crippen molar-refractivity contribution in [1.29, 1.82) is 0 Å². The monoisotopic (exact) mass is 214 g/mol. The van der Waals surface area contributed by atoms with E-state index < -0.39 is 5.91 Å². The van der Waals surface area contributed by atoms with Gasteiger partial charge in [0.2, 0.25) is 5.91 Å². The number of aliphatic hydroxyl groups is 1. The predicted octanol–water partition coefficient (Wildman–Crippen LogP) is -0.0220. The summed E-state index contributed by atoms with van der Waals surface area (Å²) in [7, 11) is 0. The molecule has 0 spiro atoms. The maximum Gasteiger partial charge on any atom is 0.249 e. The molecule has 0 saturated carbocycles. The van der Waals surface area contributed by atoms with Gasteiger partial charge < -0.3 is 15.2 Å². The Kier molecular flexibility index (Phi) is 8.08. The molecule has 2 N–H and O–H groups in total. The fourth-order valence-corrected chi connectivity index (χ4v) is 0.686. The van der Waals surface area contributed by atoms with Crippen molar-refractivity contribution in [2.45, 2.75) is 0 Å². The lowest BCUT2D eigenvalue weighted by Crippen LogP contribution is -2.29. The van der Waals surface area contributed by atoms with E-state index in [1.807, 2.05) is 0 Å². The topological polar surface area (TPSA) is 107 Å². The van der Waals surface area contributed by atoms with E-state index in [9.17, 15) is 4.79 Å². The quantitative estimate of drug-likeness (QED) is 0.195. The van der Waals surface area contributed by atoms with Gasteiger partial charge in [-0.05, 0) is 5.53 Å². The highest BCUT2D eigenvalue weighted by molar-refractivity contribution is 5.92. The van der Waals surface area contributed by atoms with Crippen LogP contribution in [0.25, 0.3) is 10.4 Å². The highest BCUT2D eigenvalue weighted by Crippen LogP contribution is 1.86. The summed E-state index contributed by atoms with van der Waals surface area (Å²) < 4.78 is 5.03. The number of carbonyl (C=O) groups excluding carboxylic acids is 1. The molecule has 7 heteroatoms. The van der Waals surface area contributed by atoms with Crippen LogP contribution in [-0.4, -0.2) is 43.9 Å². The van der Waals surface area contributed by atoms with Crippen LogP contribution in [0.15, 0.2) is 17.3 Å². The molecular weight excluding hydrogens is 200 g/mol. The first-order chi connectivity index (χ1) is 7.22. The second-order valence-electron chi connectivity index (χ2n) is 2.58. The molecule has 0 aliphatic heterocycles. The molecule has 1 amide bonds. The van der Waals surface area contributed by atoms with Gasteiger partial charge in [-0.1, -0.05) is 11.7 Å². The maximum absolute atomic E-state index is 11.0. The lowest BCUT2D eigenvalue weighted by atomic mass is 10.3. The molecule has 0 aromatic rings. The molecular formula is C8H14N4O3. The molecule has 0 aromatic carbocycles. The number of aliphatic hydroxyl groups excluding tert-OH is 1. The van der Waals surface area contributed by atoms with Crippen molar-refractivity contribution in [3.05, 3.63) is 22.6 Å². The maximum atomic E-state index is 11.0. The molecule has 0 bridgehead atoms. The van der Waals surface area contributed by atoms with Gasteiger partial charge in [0, 0.05) is 23.6 Å². The Hall–Kier alpha value is -1.56. The van der Waals surface area contributed by atoms with E-state index in [2.05, 4.69) is 21.9 Å². The van der Waals surface area contributed by atoms with Gasteiger partial charge in [-0.15, -0.1) is 0 Å². The van der Waals surface area contributed by atoms with Gasteiger partial charge >= 0.3 is 0 Å². The summed E-state index contributed by atoms with van der Waals surface area (Å²) in [4.78, 5) is 13.6. The summed E-state index contributed by atoms with van der Waals surface area (Å²) in [5, 5.41) is 14.3. The number of nitrogens with zero attached hydrogens (tertiary/aromatic N) is 3. The molecule has 15 heavy (non-hydrogen) atoms. The van der Waals surface area contributed by atoms with Crippen LogP contribution < -0.4 is 5.32 Å². The first-order valence-corrected chi connectivity index (χ1v) is 4.37. The van der Waals surface area contributed by atoms with Gasteiger partial charge in [0.25, 0.3) is 0 Å². The third kappa shape index (κ3) is 7.51. The molecule has 0 radical (unpaired) electrons. The molecule has 0 aliphatic rings. The van der Waals surface area contributed by atoms with Crippen LogP contribution in [0.5, 0.6) is 0 Å². The second-order valence-corrected chi connectivity index (χ2v) is 2.58. The van der Waals surface area contributed by atoms with E-state index in [-0.39, 0.29) is 18.7 Å². The molecule has 0 atom stereocenters.